The Morgan fingerprint density at radius 3 is 2.70 bits per heavy atom. The van der Waals surface area contributed by atoms with Crippen LogP contribution in [-0.4, -0.2) is 79.1 Å². The van der Waals surface area contributed by atoms with Gasteiger partial charge in [-0.1, -0.05) is 36.7 Å². The van der Waals surface area contributed by atoms with E-state index < -0.39 is 21.7 Å². The van der Waals surface area contributed by atoms with Gasteiger partial charge in [0.25, 0.3) is 11.8 Å². The van der Waals surface area contributed by atoms with Gasteiger partial charge in [-0.3, -0.25) is 14.3 Å². The van der Waals surface area contributed by atoms with Gasteiger partial charge in [-0.15, -0.1) is 14.6 Å². The van der Waals surface area contributed by atoms with Crippen molar-refractivity contribution in [1.82, 2.24) is 14.9 Å². The number of rotatable bonds is 5. The van der Waals surface area contributed by atoms with E-state index in [1.807, 2.05) is 19.1 Å². The Balaban J connectivity index is 1.30. The van der Waals surface area contributed by atoms with Crippen molar-refractivity contribution in [2.24, 2.45) is 22.1 Å². The van der Waals surface area contributed by atoms with Crippen LogP contribution < -0.4 is 23.8 Å². The van der Waals surface area contributed by atoms with Crippen LogP contribution in [0.5, 0.6) is 17.5 Å². The molecule has 2 bridgehead atoms. The summed E-state index contributed by atoms with van der Waals surface area (Å²) in [5.41, 5.74) is 3.20. The third kappa shape index (κ3) is 7.61. The molecule has 12 nitrogen and oxygen atoms in total. The molecule has 7 rings (SSSR count). The number of aromatic nitrogens is 2. The van der Waals surface area contributed by atoms with E-state index in [1.54, 1.807) is 25.3 Å². The fraction of sp³-hybridized carbons (Fsp3) is 0.487. The Morgan fingerprint density at radius 1 is 1.09 bits per heavy atom. The summed E-state index contributed by atoms with van der Waals surface area (Å²) < 4.78 is 44.6. The molecule has 0 radical (unpaired) electrons. The Morgan fingerprint density at radius 2 is 1.94 bits per heavy atom. The van der Waals surface area contributed by atoms with Gasteiger partial charge in [-0.2, -0.15) is 0 Å². The Labute approximate surface area is 315 Å². The predicted molar refractivity (Wildman–Crippen MR) is 203 cm³/mol. The number of nitrogens with one attached hydrogen (secondary N) is 1. The molecule has 1 fully saturated rings. The van der Waals surface area contributed by atoms with Crippen LogP contribution in [0.3, 0.4) is 0 Å². The second-order valence-electron chi connectivity index (χ2n) is 14.7. The summed E-state index contributed by atoms with van der Waals surface area (Å²) in [7, 11) is 0.804. The number of amides is 2. The number of ether oxygens (including phenoxy) is 4. The molecule has 14 heteroatoms. The van der Waals surface area contributed by atoms with Gasteiger partial charge in [-0.25, -0.2) is 4.21 Å². The molecule has 4 aliphatic rings. The third-order valence-corrected chi connectivity index (χ3v) is 13.4. The number of benzene rings is 2. The Kier molecular flexibility index (Phi) is 10.7. The highest BCUT2D eigenvalue weighted by Crippen LogP contribution is 2.47. The van der Waals surface area contributed by atoms with Crippen LogP contribution in [0.2, 0.25) is 5.02 Å². The molecule has 2 aromatic carbocycles. The van der Waals surface area contributed by atoms with Gasteiger partial charge in [0.05, 0.1) is 38.4 Å². The molecule has 53 heavy (non-hydrogen) atoms. The first-order chi connectivity index (χ1) is 25.5. The number of aryl methyl sites for hydroxylation is 1. The zero-order chi connectivity index (χ0) is 37.3. The first-order valence-electron chi connectivity index (χ1n) is 18.1. The SMILES string of the molecule is COc1cc(C(=O)N[S@@]2(=O)=NC(=O)c3ccc4c(c3)N(C[C@@H]3CC[C@H]3[C@@H](OC)/C=C/C[C@H](C)C2)C[C@@]2(CCCc3cc(Cl)ccc32)CO4)c(OC)nn1. The van der Waals surface area contributed by atoms with Crippen molar-refractivity contribution in [2.75, 3.05) is 51.7 Å². The predicted octanol–water partition coefficient (Wildman–Crippen LogP) is 6.21. The molecule has 1 spiro atoms. The van der Waals surface area contributed by atoms with Crippen molar-refractivity contribution in [2.45, 2.75) is 57.0 Å². The van der Waals surface area contributed by atoms with Crippen LogP contribution in [0.25, 0.3) is 0 Å². The van der Waals surface area contributed by atoms with Crippen molar-refractivity contribution < 1.29 is 32.7 Å². The maximum atomic E-state index is 14.7. The third-order valence-electron chi connectivity index (χ3n) is 11.2. The lowest BCUT2D eigenvalue weighted by molar-refractivity contribution is 0.0131. The summed E-state index contributed by atoms with van der Waals surface area (Å²) in [4.78, 5) is 30.1. The molecule has 1 saturated carbocycles. The molecule has 2 amide bonds. The second kappa shape index (κ2) is 15.3. The van der Waals surface area contributed by atoms with Crippen LogP contribution >= 0.6 is 11.6 Å². The molecule has 0 saturated heterocycles. The first-order valence-corrected chi connectivity index (χ1v) is 20.2. The molecule has 1 N–H and O–H groups in total. The summed E-state index contributed by atoms with van der Waals surface area (Å²) in [5.74, 6) is -0.466. The minimum absolute atomic E-state index is 0.0549. The highest BCUT2D eigenvalue weighted by molar-refractivity contribution is 7.92. The zero-order valence-electron chi connectivity index (χ0n) is 30.5. The number of carbonyl (C=O) groups excluding carboxylic acids is 2. The van der Waals surface area contributed by atoms with Crippen LogP contribution in [0.4, 0.5) is 5.69 Å². The molecule has 3 aromatic rings. The van der Waals surface area contributed by atoms with Crippen molar-refractivity contribution >= 4 is 39.0 Å². The standard InChI is InChI=1S/C39H46ClN5O7S/c1-24-7-5-9-33(49-2)29-13-10-27(29)20-45-22-39(16-6-8-25-17-28(40)12-14-31(25)39)23-52-34-15-11-26(18-32(34)45)36(46)43-53(48,21-24)44-37(47)30-19-35(50-3)41-42-38(30)51-4/h5,9,11-12,14-15,17-19,24,27,29,33H,6-8,10,13,16,20-23H2,1-4H3,(H,43,44,46,47,48)/b9-5+/t24-,27-,29+,33-,39-,53-/m0/s1. The van der Waals surface area contributed by atoms with Crippen LogP contribution in [0, 0.1) is 17.8 Å². The maximum Gasteiger partial charge on any atom is 0.286 e. The quantitative estimate of drug-likeness (QED) is 0.298. The van der Waals surface area contributed by atoms with Crippen molar-refractivity contribution in [3.63, 3.8) is 0 Å². The summed E-state index contributed by atoms with van der Waals surface area (Å²) in [6.45, 7) is 3.84. The van der Waals surface area contributed by atoms with E-state index >= 15 is 0 Å². The normalized spacial score (nSPS) is 28.9. The highest BCUT2D eigenvalue weighted by Gasteiger charge is 2.44. The number of halogens is 1. The van der Waals surface area contributed by atoms with Gasteiger partial charge in [0.15, 0.2) is 0 Å². The van der Waals surface area contributed by atoms with E-state index in [1.165, 1.54) is 31.4 Å². The number of hydrogen-bond acceptors (Lipinski definition) is 10. The van der Waals surface area contributed by atoms with Gasteiger partial charge in [0.2, 0.25) is 11.8 Å². The summed E-state index contributed by atoms with van der Waals surface area (Å²) >= 11 is 6.46. The number of hydrogen-bond donors (Lipinski definition) is 1. The van der Waals surface area contributed by atoms with Gasteiger partial charge in [-0.05, 0) is 97.7 Å². The number of anilines is 1. The molecule has 2 aliphatic heterocycles. The van der Waals surface area contributed by atoms with E-state index in [9.17, 15) is 13.8 Å². The van der Waals surface area contributed by atoms with Crippen molar-refractivity contribution in [1.29, 1.82) is 0 Å². The van der Waals surface area contributed by atoms with Gasteiger partial charge >= 0.3 is 0 Å². The van der Waals surface area contributed by atoms with Crippen LogP contribution in [0.15, 0.2) is 59.0 Å². The van der Waals surface area contributed by atoms with Gasteiger partial charge < -0.3 is 23.8 Å². The molecule has 282 valence electrons. The van der Waals surface area contributed by atoms with Gasteiger partial charge in [0.1, 0.15) is 21.2 Å². The van der Waals surface area contributed by atoms with E-state index in [-0.39, 0.29) is 46.1 Å². The van der Waals surface area contributed by atoms with E-state index in [2.05, 4.69) is 42.4 Å². The summed E-state index contributed by atoms with van der Waals surface area (Å²) in [5, 5.41) is 8.47. The topological polar surface area (TPSA) is 142 Å². The first kappa shape index (κ1) is 37.1. The molecule has 6 atom stereocenters. The largest absolute Gasteiger partial charge is 0.490 e. The average Bonchev–Trinajstić information content (AvgIpc) is 3.28. The smallest absolute Gasteiger partial charge is 0.286 e. The summed E-state index contributed by atoms with van der Waals surface area (Å²) in [6.07, 6.45) is 9.63. The maximum absolute atomic E-state index is 14.7. The Hall–Kier alpha value is -4.20. The van der Waals surface area contributed by atoms with Crippen LogP contribution in [-0.2, 0) is 26.5 Å². The second-order valence-corrected chi connectivity index (χ2v) is 17.1. The monoisotopic (exact) mass is 763 g/mol. The minimum Gasteiger partial charge on any atom is -0.490 e. The molecule has 3 heterocycles. The number of nitrogens with zero attached hydrogens (tertiary/aromatic N) is 4. The minimum atomic E-state index is -3.67. The van der Waals surface area contributed by atoms with Crippen molar-refractivity contribution in [3.05, 3.63) is 81.9 Å². The number of allylic oxidation sites excluding steroid dienone is 1. The molecular weight excluding hydrogens is 718 g/mol. The number of methoxy groups -OCH3 is 3. The fourth-order valence-corrected chi connectivity index (χ4v) is 10.4. The molecule has 1 aromatic heterocycles. The van der Waals surface area contributed by atoms with E-state index in [4.69, 9.17) is 30.5 Å². The zero-order valence-corrected chi connectivity index (χ0v) is 32.1. The molecule has 2 aliphatic carbocycles. The number of fused-ring (bicyclic) bond motifs is 4. The van der Waals surface area contributed by atoms with Crippen LogP contribution in [0.1, 0.15) is 70.9 Å². The molecule has 0 unspecified atom stereocenters. The van der Waals surface area contributed by atoms with Crippen molar-refractivity contribution in [3.8, 4) is 17.5 Å². The lowest BCUT2D eigenvalue weighted by Crippen LogP contribution is -2.49. The van der Waals surface area contributed by atoms with E-state index in [0.717, 1.165) is 49.4 Å². The number of carbonyl (C=O) groups is 2. The average molecular weight is 764 g/mol. The Bertz CT molecular complexity index is 2050. The van der Waals surface area contributed by atoms with E-state index in [0.29, 0.717) is 37.2 Å². The molecular formula is C39H46ClN5O7S. The summed E-state index contributed by atoms with van der Waals surface area (Å²) in [6, 6.07) is 12.8. The van der Waals surface area contributed by atoms with Gasteiger partial charge in [0, 0.05) is 42.3 Å². The highest BCUT2D eigenvalue weighted by atomic mass is 35.5. The lowest BCUT2D eigenvalue weighted by atomic mass is 9.68. The lowest BCUT2D eigenvalue weighted by Gasteiger charge is -2.46. The fourth-order valence-electron chi connectivity index (χ4n) is 8.34.